The summed E-state index contributed by atoms with van der Waals surface area (Å²) in [6.07, 6.45) is 1.91. The van der Waals surface area contributed by atoms with Crippen LogP contribution in [0.25, 0.3) is 0 Å². The molecule has 1 amide bonds. The van der Waals surface area contributed by atoms with Crippen LogP contribution < -0.4 is 0 Å². The minimum atomic E-state index is -3.45. The monoisotopic (exact) mass is 163 g/mol. The highest BCUT2D eigenvalue weighted by Crippen LogP contribution is 1.97. The van der Waals surface area contributed by atoms with E-state index in [9.17, 15) is 13.2 Å². The lowest BCUT2D eigenvalue weighted by atomic mass is 10.7. The summed E-state index contributed by atoms with van der Waals surface area (Å²) < 4.78 is 21.9. The van der Waals surface area contributed by atoms with E-state index in [-0.39, 0.29) is 0 Å². The van der Waals surface area contributed by atoms with E-state index in [1.807, 2.05) is 0 Å². The van der Waals surface area contributed by atoms with E-state index in [0.29, 0.717) is 4.31 Å². The van der Waals surface area contributed by atoms with Crippen molar-refractivity contribution in [1.82, 2.24) is 4.31 Å². The summed E-state index contributed by atoms with van der Waals surface area (Å²) in [5.74, 6) is -0.558. The molecule has 5 heteroatoms. The maximum Gasteiger partial charge on any atom is 0.238 e. The van der Waals surface area contributed by atoms with Crippen molar-refractivity contribution in [2.24, 2.45) is 0 Å². The topological polar surface area (TPSA) is 54.5 Å². The van der Waals surface area contributed by atoms with Crippen LogP contribution in [-0.2, 0) is 14.8 Å². The normalized spacial score (nSPS) is 10.6. The molecule has 0 aromatic rings. The van der Waals surface area contributed by atoms with Crippen molar-refractivity contribution in [1.29, 1.82) is 0 Å². The fourth-order valence-corrected chi connectivity index (χ4v) is 1.24. The van der Waals surface area contributed by atoms with Crippen LogP contribution in [0, 0.1) is 0 Å². The number of hydrogen-bond acceptors (Lipinski definition) is 3. The molecule has 0 saturated heterocycles. The number of carbonyl (C=O) groups is 1. The Labute approximate surface area is 60.2 Å². The van der Waals surface area contributed by atoms with Crippen LogP contribution in [0.1, 0.15) is 6.92 Å². The third kappa shape index (κ3) is 2.18. The number of amides is 1. The quantitative estimate of drug-likeness (QED) is 0.573. The molecule has 0 saturated carbocycles. The number of rotatable bonds is 2. The third-order valence-corrected chi connectivity index (χ3v) is 1.95. The van der Waals surface area contributed by atoms with Crippen LogP contribution in [-0.4, -0.2) is 24.9 Å². The lowest BCUT2D eigenvalue weighted by Crippen LogP contribution is -2.28. The van der Waals surface area contributed by atoms with Crippen molar-refractivity contribution in [3.05, 3.63) is 12.8 Å². The molecule has 10 heavy (non-hydrogen) atoms. The number of hydrogen-bond donors (Lipinski definition) is 0. The fraction of sp³-hybridized carbons (Fsp3) is 0.400. The Kier molecular flexibility index (Phi) is 2.59. The Balaban J connectivity index is 4.72. The van der Waals surface area contributed by atoms with Crippen molar-refractivity contribution in [2.45, 2.75) is 6.92 Å². The molecule has 0 aliphatic carbocycles. The highest BCUT2D eigenvalue weighted by molar-refractivity contribution is 7.89. The van der Waals surface area contributed by atoms with Gasteiger partial charge < -0.3 is 0 Å². The molecular weight excluding hydrogens is 154 g/mol. The Hall–Kier alpha value is -0.840. The van der Waals surface area contributed by atoms with Crippen molar-refractivity contribution in [3.63, 3.8) is 0 Å². The molecule has 58 valence electrons. The largest absolute Gasteiger partial charge is 0.274 e. The smallest absolute Gasteiger partial charge is 0.238 e. The lowest BCUT2D eigenvalue weighted by Gasteiger charge is -2.11. The highest BCUT2D eigenvalue weighted by atomic mass is 32.2. The molecule has 0 spiro atoms. The van der Waals surface area contributed by atoms with Gasteiger partial charge in [-0.15, -0.1) is 0 Å². The molecule has 0 aliphatic heterocycles. The van der Waals surface area contributed by atoms with Crippen LogP contribution in [0.15, 0.2) is 12.8 Å². The Morgan fingerprint density at radius 2 is 2.00 bits per heavy atom. The second-order valence-corrected chi connectivity index (χ2v) is 3.62. The van der Waals surface area contributed by atoms with Crippen molar-refractivity contribution in [2.75, 3.05) is 6.26 Å². The summed E-state index contributed by atoms with van der Waals surface area (Å²) in [5.41, 5.74) is 0. The van der Waals surface area contributed by atoms with Gasteiger partial charge in [0.2, 0.25) is 15.9 Å². The minimum Gasteiger partial charge on any atom is -0.274 e. The molecule has 0 heterocycles. The molecule has 0 unspecified atom stereocenters. The van der Waals surface area contributed by atoms with E-state index >= 15 is 0 Å². The molecule has 4 nitrogen and oxygen atoms in total. The van der Waals surface area contributed by atoms with Crippen molar-refractivity contribution in [3.8, 4) is 0 Å². The summed E-state index contributed by atoms with van der Waals surface area (Å²) in [5, 5.41) is 0. The fourth-order valence-electron chi connectivity index (χ4n) is 0.497. The molecular formula is C5H9NO3S. The average Bonchev–Trinajstić information content (AvgIpc) is 1.60. The first-order chi connectivity index (χ1) is 4.39. The SMILES string of the molecule is C=CN(C(C)=O)S(C)(=O)=O. The zero-order chi connectivity index (χ0) is 8.36. The molecule has 0 aromatic carbocycles. The zero-order valence-electron chi connectivity index (χ0n) is 5.86. The Morgan fingerprint density at radius 3 is 2.00 bits per heavy atom. The van der Waals surface area contributed by atoms with Gasteiger partial charge in [0.25, 0.3) is 0 Å². The first-order valence-electron chi connectivity index (χ1n) is 2.52. The van der Waals surface area contributed by atoms with E-state index < -0.39 is 15.9 Å². The maximum absolute atomic E-state index is 10.6. The van der Waals surface area contributed by atoms with Gasteiger partial charge in [0.05, 0.1) is 6.26 Å². The van der Waals surface area contributed by atoms with Gasteiger partial charge in [-0.05, 0) is 0 Å². The summed E-state index contributed by atoms with van der Waals surface area (Å²) >= 11 is 0. The minimum absolute atomic E-state index is 0.558. The van der Waals surface area contributed by atoms with Gasteiger partial charge in [0, 0.05) is 13.1 Å². The third-order valence-electron chi connectivity index (χ3n) is 0.833. The molecule has 0 aliphatic rings. The average molecular weight is 163 g/mol. The van der Waals surface area contributed by atoms with E-state index in [2.05, 4.69) is 6.58 Å². The second-order valence-electron chi connectivity index (χ2n) is 1.76. The predicted octanol–water partition coefficient (Wildman–Crippen LogP) is -0.0620. The van der Waals surface area contributed by atoms with E-state index in [1.54, 1.807) is 0 Å². The van der Waals surface area contributed by atoms with Crippen LogP contribution in [0.2, 0.25) is 0 Å². The van der Waals surface area contributed by atoms with Crippen molar-refractivity contribution >= 4 is 15.9 Å². The van der Waals surface area contributed by atoms with Gasteiger partial charge in [-0.3, -0.25) is 4.79 Å². The van der Waals surface area contributed by atoms with Crippen molar-refractivity contribution < 1.29 is 13.2 Å². The van der Waals surface area contributed by atoms with Gasteiger partial charge >= 0.3 is 0 Å². The number of nitrogens with zero attached hydrogens (tertiary/aromatic N) is 1. The van der Waals surface area contributed by atoms with E-state index in [1.165, 1.54) is 0 Å². The Morgan fingerprint density at radius 1 is 1.60 bits per heavy atom. The molecule has 0 radical (unpaired) electrons. The predicted molar refractivity (Wildman–Crippen MR) is 37.6 cm³/mol. The van der Waals surface area contributed by atoms with Gasteiger partial charge in [0.15, 0.2) is 0 Å². The number of sulfonamides is 1. The first kappa shape index (κ1) is 9.16. The van der Waals surface area contributed by atoms with Crippen LogP contribution in [0.5, 0.6) is 0 Å². The van der Waals surface area contributed by atoms with Crippen LogP contribution >= 0.6 is 0 Å². The lowest BCUT2D eigenvalue weighted by molar-refractivity contribution is -0.122. The second kappa shape index (κ2) is 2.83. The van der Waals surface area contributed by atoms with E-state index in [4.69, 9.17) is 0 Å². The summed E-state index contributed by atoms with van der Waals surface area (Å²) in [6.45, 7) is 4.33. The molecule has 0 bridgehead atoms. The molecule has 0 atom stereocenters. The first-order valence-corrected chi connectivity index (χ1v) is 4.37. The van der Waals surface area contributed by atoms with Gasteiger partial charge in [-0.25, -0.2) is 12.7 Å². The highest BCUT2D eigenvalue weighted by Gasteiger charge is 2.14. The molecule has 0 fully saturated rings. The van der Waals surface area contributed by atoms with Gasteiger partial charge in [-0.1, -0.05) is 6.58 Å². The summed E-state index contributed by atoms with van der Waals surface area (Å²) in [4.78, 5) is 10.5. The Bertz CT molecular complexity index is 242. The molecule has 0 N–H and O–H groups in total. The maximum atomic E-state index is 10.6. The zero-order valence-corrected chi connectivity index (χ0v) is 6.68. The number of carbonyl (C=O) groups excluding carboxylic acids is 1. The molecule has 0 rings (SSSR count). The van der Waals surface area contributed by atoms with Crippen LogP contribution in [0.4, 0.5) is 0 Å². The van der Waals surface area contributed by atoms with E-state index in [0.717, 1.165) is 19.4 Å². The summed E-state index contributed by atoms with van der Waals surface area (Å²) in [7, 11) is -3.45. The van der Waals surface area contributed by atoms with Gasteiger partial charge in [0.1, 0.15) is 0 Å². The standard InChI is InChI=1S/C5H9NO3S/c1-4-6(5(2)7)10(3,8)9/h4H,1H2,2-3H3. The summed E-state index contributed by atoms with van der Waals surface area (Å²) in [6, 6.07) is 0. The van der Waals surface area contributed by atoms with Gasteiger partial charge in [-0.2, -0.15) is 0 Å². The van der Waals surface area contributed by atoms with Crippen LogP contribution in [0.3, 0.4) is 0 Å². The molecule has 0 aromatic heterocycles.